The van der Waals surface area contributed by atoms with Gasteiger partial charge >= 0.3 is 0 Å². The van der Waals surface area contributed by atoms with E-state index in [2.05, 4.69) is 5.32 Å². The molecule has 0 amide bonds. The second kappa shape index (κ2) is 5.49. The van der Waals surface area contributed by atoms with Gasteiger partial charge in [0.25, 0.3) is 0 Å². The molecule has 0 spiro atoms. The van der Waals surface area contributed by atoms with Gasteiger partial charge in [0.2, 0.25) is 0 Å². The molecule has 0 bridgehead atoms. The molecule has 1 aliphatic carbocycles. The van der Waals surface area contributed by atoms with E-state index in [1.54, 1.807) is 0 Å². The van der Waals surface area contributed by atoms with Crippen molar-refractivity contribution in [2.24, 2.45) is 0 Å². The van der Waals surface area contributed by atoms with Crippen LogP contribution in [0.4, 0.5) is 5.69 Å². The summed E-state index contributed by atoms with van der Waals surface area (Å²) >= 11 is 5.83. The van der Waals surface area contributed by atoms with Crippen LogP contribution in [0.1, 0.15) is 25.7 Å². The number of anilines is 1. The van der Waals surface area contributed by atoms with Gasteiger partial charge in [0.05, 0.1) is 5.25 Å². The van der Waals surface area contributed by atoms with E-state index in [0.29, 0.717) is 11.4 Å². The molecule has 0 aromatic heterocycles. The van der Waals surface area contributed by atoms with Crippen molar-refractivity contribution >= 4 is 27.1 Å². The summed E-state index contributed by atoms with van der Waals surface area (Å²) in [7, 11) is -2.92. The van der Waals surface area contributed by atoms with Gasteiger partial charge in [0.15, 0.2) is 0 Å². The summed E-state index contributed by atoms with van der Waals surface area (Å²) < 4.78 is 23.2. The normalized spacial score (nSPS) is 24.8. The average Bonchev–Trinajstić information content (AvgIpc) is 2.31. The summed E-state index contributed by atoms with van der Waals surface area (Å²) in [6, 6.07) is 7.75. The Balaban J connectivity index is 2.00. The van der Waals surface area contributed by atoms with Gasteiger partial charge in [-0.3, -0.25) is 0 Å². The highest BCUT2D eigenvalue weighted by Crippen LogP contribution is 2.26. The van der Waals surface area contributed by atoms with E-state index in [1.807, 2.05) is 24.3 Å². The molecule has 2 rings (SSSR count). The first-order chi connectivity index (χ1) is 8.45. The zero-order valence-corrected chi connectivity index (χ0v) is 12.0. The maximum Gasteiger partial charge on any atom is 0.150 e. The molecule has 2 atom stereocenters. The molecule has 0 aliphatic heterocycles. The lowest BCUT2D eigenvalue weighted by Crippen LogP contribution is -2.34. The predicted molar refractivity (Wildman–Crippen MR) is 76.0 cm³/mol. The van der Waals surface area contributed by atoms with Gasteiger partial charge in [-0.25, -0.2) is 8.42 Å². The van der Waals surface area contributed by atoms with Gasteiger partial charge in [0, 0.05) is 23.0 Å². The molecule has 1 fully saturated rings. The summed E-state index contributed by atoms with van der Waals surface area (Å²) in [6.45, 7) is 0. The van der Waals surface area contributed by atoms with Crippen molar-refractivity contribution in [3.05, 3.63) is 29.3 Å². The van der Waals surface area contributed by atoms with Crippen LogP contribution < -0.4 is 5.32 Å². The SMILES string of the molecule is CS(=O)(=O)C1CCCC(Nc2ccc(Cl)cc2)C1. The number of nitrogens with one attached hydrogen (secondary N) is 1. The number of hydrogen-bond donors (Lipinski definition) is 1. The van der Waals surface area contributed by atoms with Crippen LogP contribution in [0, 0.1) is 0 Å². The summed E-state index contributed by atoms with van der Waals surface area (Å²) in [5, 5.41) is 3.90. The van der Waals surface area contributed by atoms with Gasteiger partial charge in [-0.1, -0.05) is 18.0 Å². The highest BCUT2D eigenvalue weighted by Gasteiger charge is 2.28. The third kappa shape index (κ3) is 3.62. The van der Waals surface area contributed by atoms with Crippen molar-refractivity contribution in [2.75, 3.05) is 11.6 Å². The monoisotopic (exact) mass is 287 g/mol. The Morgan fingerprint density at radius 1 is 1.22 bits per heavy atom. The Morgan fingerprint density at radius 2 is 1.89 bits per heavy atom. The fourth-order valence-electron chi connectivity index (χ4n) is 2.45. The number of rotatable bonds is 3. The molecule has 18 heavy (non-hydrogen) atoms. The first-order valence-electron chi connectivity index (χ1n) is 6.16. The van der Waals surface area contributed by atoms with E-state index in [0.717, 1.165) is 24.9 Å². The van der Waals surface area contributed by atoms with E-state index < -0.39 is 9.84 Å². The summed E-state index contributed by atoms with van der Waals surface area (Å²) in [4.78, 5) is 0. The third-order valence-electron chi connectivity index (χ3n) is 3.45. The number of benzene rings is 1. The molecule has 0 saturated heterocycles. The molecule has 0 heterocycles. The van der Waals surface area contributed by atoms with E-state index >= 15 is 0 Å². The second-order valence-corrected chi connectivity index (χ2v) is 7.73. The highest BCUT2D eigenvalue weighted by molar-refractivity contribution is 7.91. The lowest BCUT2D eigenvalue weighted by Gasteiger charge is -2.29. The summed E-state index contributed by atoms with van der Waals surface area (Å²) in [5.41, 5.74) is 0.999. The van der Waals surface area contributed by atoms with Gasteiger partial charge in [-0.2, -0.15) is 0 Å². The van der Waals surface area contributed by atoms with Crippen molar-refractivity contribution < 1.29 is 8.42 Å². The summed E-state index contributed by atoms with van der Waals surface area (Å²) in [6.07, 6.45) is 4.80. The smallest absolute Gasteiger partial charge is 0.150 e. The first kappa shape index (κ1) is 13.7. The Bertz CT molecular complexity index is 498. The molecule has 1 aromatic rings. The fraction of sp³-hybridized carbons (Fsp3) is 0.538. The largest absolute Gasteiger partial charge is 0.382 e. The molecule has 5 heteroatoms. The number of hydrogen-bond acceptors (Lipinski definition) is 3. The predicted octanol–water partition coefficient (Wildman–Crippen LogP) is 3.11. The molecule has 2 unspecified atom stereocenters. The van der Waals surface area contributed by atoms with Crippen LogP contribution in [0.5, 0.6) is 0 Å². The van der Waals surface area contributed by atoms with Crippen molar-refractivity contribution in [3.8, 4) is 0 Å². The molecular weight excluding hydrogens is 270 g/mol. The molecule has 1 aromatic carbocycles. The zero-order chi connectivity index (χ0) is 13.2. The molecule has 3 nitrogen and oxygen atoms in total. The van der Waals surface area contributed by atoms with Gasteiger partial charge in [0.1, 0.15) is 9.84 Å². The van der Waals surface area contributed by atoms with Crippen LogP contribution in [0.15, 0.2) is 24.3 Å². The molecule has 1 aliphatic rings. The molecule has 0 radical (unpaired) electrons. The minimum Gasteiger partial charge on any atom is -0.382 e. The maximum absolute atomic E-state index is 11.6. The van der Waals surface area contributed by atoms with Crippen LogP contribution in [0.2, 0.25) is 5.02 Å². The Hall–Kier alpha value is -0.740. The van der Waals surface area contributed by atoms with E-state index in [-0.39, 0.29) is 11.3 Å². The van der Waals surface area contributed by atoms with Crippen LogP contribution >= 0.6 is 11.6 Å². The van der Waals surface area contributed by atoms with Gasteiger partial charge < -0.3 is 5.32 Å². The number of sulfone groups is 1. The average molecular weight is 288 g/mol. The van der Waals surface area contributed by atoms with E-state index in [9.17, 15) is 8.42 Å². The Kier molecular flexibility index (Phi) is 4.17. The van der Waals surface area contributed by atoms with Gasteiger partial charge in [-0.15, -0.1) is 0 Å². The van der Waals surface area contributed by atoms with Crippen LogP contribution in [-0.4, -0.2) is 26.0 Å². The molecule has 1 N–H and O–H groups in total. The van der Waals surface area contributed by atoms with Crippen LogP contribution in [0.25, 0.3) is 0 Å². The molecular formula is C13H18ClNO2S. The Labute approximate surface area is 113 Å². The topological polar surface area (TPSA) is 46.2 Å². The lowest BCUT2D eigenvalue weighted by atomic mass is 9.95. The van der Waals surface area contributed by atoms with Crippen LogP contribution in [0.3, 0.4) is 0 Å². The van der Waals surface area contributed by atoms with E-state index in [1.165, 1.54) is 6.26 Å². The van der Waals surface area contributed by atoms with Crippen LogP contribution in [-0.2, 0) is 9.84 Å². The quantitative estimate of drug-likeness (QED) is 0.929. The molecule has 100 valence electrons. The maximum atomic E-state index is 11.6. The van der Waals surface area contributed by atoms with Crippen molar-refractivity contribution in [3.63, 3.8) is 0 Å². The van der Waals surface area contributed by atoms with Crippen molar-refractivity contribution in [2.45, 2.75) is 37.0 Å². The minimum absolute atomic E-state index is 0.198. The fourth-order valence-corrected chi connectivity index (χ4v) is 3.75. The standard InChI is InChI=1S/C13H18ClNO2S/c1-18(16,17)13-4-2-3-12(9-13)15-11-7-5-10(14)6-8-11/h5-8,12-13,15H,2-4,9H2,1H3. The number of halogens is 1. The second-order valence-electron chi connectivity index (χ2n) is 4.97. The first-order valence-corrected chi connectivity index (χ1v) is 8.49. The van der Waals surface area contributed by atoms with E-state index in [4.69, 9.17) is 11.6 Å². The third-order valence-corrected chi connectivity index (χ3v) is 5.34. The molecule has 1 saturated carbocycles. The van der Waals surface area contributed by atoms with Crippen molar-refractivity contribution in [1.82, 2.24) is 0 Å². The van der Waals surface area contributed by atoms with Crippen molar-refractivity contribution in [1.29, 1.82) is 0 Å². The highest BCUT2D eigenvalue weighted by atomic mass is 35.5. The Morgan fingerprint density at radius 3 is 2.50 bits per heavy atom. The minimum atomic E-state index is -2.92. The lowest BCUT2D eigenvalue weighted by molar-refractivity contribution is 0.453. The van der Waals surface area contributed by atoms with Gasteiger partial charge in [-0.05, 0) is 43.5 Å². The summed E-state index contributed by atoms with van der Waals surface area (Å²) in [5.74, 6) is 0. The zero-order valence-electron chi connectivity index (χ0n) is 10.4.